The van der Waals surface area contributed by atoms with Gasteiger partial charge in [-0.1, -0.05) is 41.9 Å². The summed E-state index contributed by atoms with van der Waals surface area (Å²) < 4.78 is 1.57. The van der Waals surface area contributed by atoms with Crippen molar-refractivity contribution in [3.63, 3.8) is 0 Å². The van der Waals surface area contributed by atoms with Gasteiger partial charge in [0.25, 0.3) is 5.91 Å². The Kier molecular flexibility index (Phi) is 4.38. The minimum absolute atomic E-state index is 0.278. The molecule has 0 fully saturated rings. The van der Waals surface area contributed by atoms with E-state index < -0.39 is 0 Å². The highest BCUT2D eigenvalue weighted by molar-refractivity contribution is 6.34. The average molecular weight is 377 g/mol. The normalized spacial score (nSPS) is 10.9. The highest BCUT2D eigenvalue weighted by atomic mass is 35.5. The van der Waals surface area contributed by atoms with Crippen molar-refractivity contribution in [1.29, 1.82) is 0 Å². The number of carbonyl (C=O) groups is 1. The molecule has 0 bridgehead atoms. The van der Waals surface area contributed by atoms with E-state index in [0.717, 1.165) is 22.2 Å². The molecule has 0 spiro atoms. The summed E-state index contributed by atoms with van der Waals surface area (Å²) in [7, 11) is 0. The summed E-state index contributed by atoms with van der Waals surface area (Å²) in [4.78, 5) is 17.4. The summed E-state index contributed by atoms with van der Waals surface area (Å²) >= 11 is 6.49. The smallest absolute Gasteiger partial charge is 0.260 e. The lowest BCUT2D eigenvalue weighted by molar-refractivity contribution is 0.102. The van der Waals surface area contributed by atoms with Crippen LogP contribution in [0.1, 0.15) is 21.6 Å². The zero-order chi connectivity index (χ0) is 19.0. The Balaban J connectivity index is 1.73. The predicted molar refractivity (Wildman–Crippen MR) is 108 cm³/mol. The van der Waals surface area contributed by atoms with E-state index in [9.17, 15) is 4.79 Å². The standard InChI is InChI=1S/C21H17ClN4O/c1-13-10-11-17(19-16(13)9-6-12-23-19)24-21(27)18-14(2)25-26(20(18)22)15-7-4-3-5-8-15/h3-12H,1-2H3,(H,24,27). The zero-order valence-corrected chi connectivity index (χ0v) is 15.7. The number of nitrogens with one attached hydrogen (secondary N) is 1. The van der Waals surface area contributed by atoms with Crippen LogP contribution in [-0.4, -0.2) is 20.7 Å². The Bertz CT molecular complexity index is 1150. The SMILES string of the molecule is Cc1nn(-c2ccccc2)c(Cl)c1C(=O)Nc1ccc(C)c2cccnc12. The lowest BCUT2D eigenvalue weighted by Crippen LogP contribution is -2.13. The molecule has 0 radical (unpaired) electrons. The number of rotatable bonds is 3. The maximum absolute atomic E-state index is 13.0. The number of aromatic nitrogens is 3. The van der Waals surface area contributed by atoms with Gasteiger partial charge in [-0.05, 0) is 43.7 Å². The predicted octanol–water partition coefficient (Wildman–Crippen LogP) is 4.94. The molecule has 5 nitrogen and oxygen atoms in total. The summed E-state index contributed by atoms with van der Waals surface area (Å²) in [5.41, 5.74) is 4.20. The van der Waals surface area contributed by atoms with E-state index in [1.165, 1.54) is 0 Å². The molecule has 6 heteroatoms. The number of pyridine rings is 1. The van der Waals surface area contributed by atoms with E-state index in [-0.39, 0.29) is 11.1 Å². The second kappa shape index (κ2) is 6.85. The molecule has 0 unspecified atom stereocenters. The van der Waals surface area contributed by atoms with Gasteiger partial charge >= 0.3 is 0 Å². The van der Waals surface area contributed by atoms with E-state index in [2.05, 4.69) is 15.4 Å². The molecule has 1 N–H and O–H groups in total. The van der Waals surface area contributed by atoms with E-state index in [0.29, 0.717) is 16.9 Å². The van der Waals surface area contributed by atoms with E-state index >= 15 is 0 Å². The summed E-state index contributed by atoms with van der Waals surface area (Å²) in [6.45, 7) is 3.78. The summed E-state index contributed by atoms with van der Waals surface area (Å²) in [6, 6.07) is 17.2. The number of hydrogen-bond donors (Lipinski definition) is 1. The van der Waals surface area contributed by atoms with Crippen LogP contribution in [0, 0.1) is 13.8 Å². The molecular formula is C21H17ClN4O. The van der Waals surface area contributed by atoms with Gasteiger partial charge in [0.2, 0.25) is 0 Å². The van der Waals surface area contributed by atoms with Crippen LogP contribution in [0.3, 0.4) is 0 Å². The van der Waals surface area contributed by atoms with Crippen molar-refractivity contribution >= 4 is 34.1 Å². The first-order chi connectivity index (χ1) is 13.1. The van der Waals surface area contributed by atoms with Gasteiger partial charge in [-0.25, -0.2) is 4.68 Å². The van der Waals surface area contributed by atoms with E-state index in [1.54, 1.807) is 17.8 Å². The van der Waals surface area contributed by atoms with Crippen LogP contribution in [0.2, 0.25) is 5.15 Å². The third kappa shape index (κ3) is 3.06. The van der Waals surface area contributed by atoms with Crippen LogP contribution in [0.25, 0.3) is 16.6 Å². The molecule has 4 aromatic rings. The van der Waals surface area contributed by atoms with Crippen molar-refractivity contribution in [3.05, 3.63) is 82.8 Å². The number of para-hydroxylation sites is 1. The first kappa shape index (κ1) is 17.2. The number of fused-ring (bicyclic) bond motifs is 1. The fourth-order valence-electron chi connectivity index (χ4n) is 3.10. The number of aryl methyl sites for hydroxylation is 2. The lowest BCUT2D eigenvalue weighted by Gasteiger charge is -2.10. The maximum atomic E-state index is 13.0. The third-order valence-electron chi connectivity index (χ3n) is 4.47. The number of hydrogen-bond acceptors (Lipinski definition) is 3. The fraction of sp³-hybridized carbons (Fsp3) is 0.0952. The van der Waals surface area contributed by atoms with Crippen molar-refractivity contribution in [3.8, 4) is 5.69 Å². The summed E-state index contributed by atoms with van der Waals surface area (Å²) in [5, 5.41) is 8.64. The molecule has 134 valence electrons. The summed E-state index contributed by atoms with van der Waals surface area (Å²) in [6.07, 6.45) is 1.71. The molecule has 0 aliphatic carbocycles. The first-order valence-corrected chi connectivity index (χ1v) is 8.90. The van der Waals surface area contributed by atoms with Gasteiger partial charge in [0.1, 0.15) is 10.7 Å². The van der Waals surface area contributed by atoms with Gasteiger partial charge < -0.3 is 5.32 Å². The molecule has 4 rings (SSSR count). The Morgan fingerprint density at radius 2 is 1.81 bits per heavy atom. The van der Waals surface area contributed by atoms with E-state index in [4.69, 9.17) is 11.6 Å². The van der Waals surface area contributed by atoms with Gasteiger partial charge in [-0.3, -0.25) is 9.78 Å². The minimum atomic E-state index is -0.310. The second-order valence-electron chi connectivity index (χ2n) is 6.28. The van der Waals surface area contributed by atoms with Crippen LogP contribution < -0.4 is 5.32 Å². The summed E-state index contributed by atoms with van der Waals surface area (Å²) in [5.74, 6) is -0.310. The second-order valence-corrected chi connectivity index (χ2v) is 6.64. The maximum Gasteiger partial charge on any atom is 0.260 e. The molecular weight excluding hydrogens is 360 g/mol. The quantitative estimate of drug-likeness (QED) is 0.550. The molecule has 0 aliphatic heterocycles. The molecule has 2 heterocycles. The molecule has 0 aliphatic rings. The fourth-order valence-corrected chi connectivity index (χ4v) is 3.46. The number of halogens is 1. The average Bonchev–Trinajstić information content (AvgIpc) is 2.99. The molecule has 2 aromatic carbocycles. The van der Waals surface area contributed by atoms with Crippen molar-refractivity contribution < 1.29 is 4.79 Å². The topological polar surface area (TPSA) is 59.8 Å². The number of nitrogens with zero attached hydrogens (tertiary/aromatic N) is 3. The van der Waals surface area contributed by atoms with Crippen molar-refractivity contribution in [2.45, 2.75) is 13.8 Å². The highest BCUT2D eigenvalue weighted by Crippen LogP contribution is 2.27. The highest BCUT2D eigenvalue weighted by Gasteiger charge is 2.22. The Hall–Kier alpha value is -3.18. The molecule has 2 aromatic heterocycles. The van der Waals surface area contributed by atoms with Gasteiger partial charge in [0.15, 0.2) is 0 Å². The van der Waals surface area contributed by atoms with Crippen molar-refractivity contribution in [2.24, 2.45) is 0 Å². The number of anilines is 1. The zero-order valence-electron chi connectivity index (χ0n) is 14.9. The Morgan fingerprint density at radius 1 is 1.04 bits per heavy atom. The monoisotopic (exact) mass is 376 g/mol. The van der Waals surface area contributed by atoms with Crippen LogP contribution in [0.4, 0.5) is 5.69 Å². The minimum Gasteiger partial charge on any atom is -0.320 e. The molecule has 0 saturated carbocycles. The van der Waals surface area contributed by atoms with Gasteiger partial charge in [0, 0.05) is 11.6 Å². The molecule has 1 amide bonds. The van der Waals surface area contributed by atoms with Gasteiger partial charge in [-0.15, -0.1) is 0 Å². The van der Waals surface area contributed by atoms with Crippen LogP contribution >= 0.6 is 11.6 Å². The van der Waals surface area contributed by atoms with Crippen LogP contribution in [0.5, 0.6) is 0 Å². The first-order valence-electron chi connectivity index (χ1n) is 8.52. The van der Waals surface area contributed by atoms with E-state index in [1.807, 2.05) is 61.5 Å². The number of amides is 1. The van der Waals surface area contributed by atoms with Crippen LogP contribution in [0.15, 0.2) is 60.8 Å². The lowest BCUT2D eigenvalue weighted by atomic mass is 10.1. The number of benzene rings is 2. The molecule has 0 atom stereocenters. The molecule has 0 saturated heterocycles. The third-order valence-corrected chi connectivity index (χ3v) is 4.82. The largest absolute Gasteiger partial charge is 0.320 e. The van der Waals surface area contributed by atoms with Crippen molar-refractivity contribution in [2.75, 3.05) is 5.32 Å². The van der Waals surface area contributed by atoms with Crippen LogP contribution in [-0.2, 0) is 0 Å². The Morgan fingerprint density at radius 3 is 2.59 bits per heavy atom. The molecule has 27 heavy (non-hydrogen) atoms. The van der Waals surface area contributed by atoms with Crippen molar-refractivity contribution in [1.82, 2.24) is 14.8 Å². The van der Waals surface area contributed by atoms with Gasteiger partial charge in [-0.2, -0.15) is 5.10 Å². The Labute approximate surface area is 161 Å². The van der Waals surface area contributed by atoms with Gasteiger partial charge in [0.05, 0.1) is 22.6 Å². The number of carbonyl (C=O) groups excluding carboxylic acids is 1.